The van der Waals surface area contributed by atoms with Crippen molar-refractivity contribution in [1.29, 1.82) is 0 Å². The number of hydrogen-bond acceptors (Lipinski definition) is 4. The Morgan fingerprint density at radius 3 is 2.88 bits per heavy atom. The van der Waals surface area contributed by atoms with Crippen LogP contribution < -0.4 is 0 Å². The minimum Gasteiger partial charge on any atom is -0.472 e. The quantitative estimate of drug-likeness (QED) is 0.879. The fourth-order valence-corrected chi connectivity index (χ4v) is 1.81. The Bertz CT molecular complexity index is 472. The first-order valence-corrected chi connectivity index (χ1v) is 5.64. The van der Waals surface area contributed by atoms with Gasteiger partial charge in [-0.25, -0.2) is 9.67 Å². The van der Waals surface area contributed by atoms with Gasteiger partial charge >= 0.3 is 0 Å². The lowest BCUT2D eigenvalue weighted by molar-refractivity contribution is 0.0533. The molecule has 0 aliphatic heterocycles. The van der Waals surface area contributed by atoms with Crippen LogP contribution in [-0.4, -0.2) is 19.9 Å². The second kappa shape index (κ2) is 4.33. The van der Waals surface area contributed by atoms with Crippen LogP contribution >= 0.6 is 0 Å². The van der Waals surface area contributed by atoms with E-state index in [-0.39, 0.29) is 6.04 Å². The first-order valence-electron chi connectivity index (χ1n) is 5.64. The van der Waals surface area contributed by atoms with Crippen LogP contribution in [0.1, 0.15) is 38.2 Å². The van der Waals surface area contributed by atoms with E-state index >= 15 is 0 Å². The van der Waals surface area contributed by atoms with Crippen LogP contribution in [0.5, 0.6) is 0 Å². The number of furan rings is 1. The summed E-state index contributed by atoms with van der Waals surface area (Å²) in [4.78, 5) is 4.19. The molecule has 17 heavy (non-hydrogen) atoms. The van der Waals surface area contributed by atoms with Crippen molar-refractivity contribution < 1.29 is 9.52 Å². The normalized spacial score (nSPS) is 15.1. The maximum atomic E-state index is 10.4. The summed E-state index contributed by atoms with van der Waals surface area (Å²) < 4.78 is 6.81. The topological polar surface area (TPSA) is 64.1 Å². The lowest BCUT2D eigenvalue weighted by Crippen LogP contribution is -2.26. The van der Waals surface area contributed by atoms with Gasteiger partial charge in [-0.15, -0.1) is 0 Å². The van der Waals surface area contributed by atoms with Crippen LogP contribution in [0.3, 0.4) is 0 Å². The minimum atomic E-state index is -0.993. The van der Waals surface area contributed by atoms with E-state index in [1.807, 2.05) is 18.5 Å². The maximum absolute atomic E-state index is 10.4. The van der Waals surface area contributed by atoms with Crippen molar-refractivity contribution in [3.63, 3.8) is 0 Å². The van der Waals surface area contributed by atoms with E-state index in [0.717, 1.165) is 11.4 Å². The van der Waals surface area contributed by atoms with Crippen LogP contribution in [0, 0.1) is 0 Å². The van der Waals surface area contributed by atoms with E-state index in [4.69, 9.17) is 4.42 Å². The lowest BCUT2D eigenvalue weighted by Gasteiger charge is -2.22. The molecule has 2 rings (SSSR count). The highest BCUT2D eigenvalue weighted by atomic mass is 16.3. The molecule has 0 bridgehead atoms. The van der Waals surface area contributed by atoms with E-state index in [1.54, 1.807) is 25.5 Å². The molecule has 2 aromatic rings. The average Bonchev–Trinajstić information content (AvgIpc) is 2.85. The maximum Gasteiger partial charge on any atom is 0.138 e. The summed E-state index contributed by atoms with van der Waals surface area (Å²) in [6.07, 6.45) is 5.03. The van der Waals surface area contributed by atoms with Crippen molar-refractivity contribution in [2.75, 3.05) is 0 Å². The van der Waals surface area contributed by atoms with Gasteiger partial charge in [-0.05, 0) is 26.8 Å². The van der Waals surface area contributed by atoms with Gasteiger partial charge in [0.2, 0.25) is 0 Å². The molecule has 0 saturated heterocycles. The highest BCUT2D eigenvalue weighted by Gasteiger charge is 2.27. The largest absolute Gasteiger partial charge is 0.472 e. The molecule has 0 aliphatic carbocycles. The highest BCUT2D eigenvalue weighted by molar-refractivity contribution is 5.17. The molecular formula is C12H17N3O2. The molecule has 2 heterocycles. The summed E-state index contributed by atoms with van der Waals surface area (Å²) in [5.74, 6) is 0.770. The molecule has 0 spiro atoms. The number of rotatable bonds is 4. The highest BCUT2D eigenvalue weighted by Crippen LogP contribution is 2.25. The lowest BCUT2D eigenvalue weighted by atomic mass is 9.95. The smallest absolute Gasteiger partial charge is 0.138 e. The van der Waals surface area contributed by atoms with E-state index in [2.05, 4.69) is 10.1 Å². The van der Waals surface area contributed by atoms with Gasteiger partial charge in [0.05, 0.1) is 18.1 Å². The zero-order valence-corrected chi connectivity index (χ0v) is 10.3. The monoisotopic (exact) mass is 235 g/mol. The Labute approximate surface area is 100 Å². The number of hydrogen-bond donors (Lipinski definition) is 1. The third-order valence-corrected chi connectivity index (χ3v) is 2.78. The Balaban J connectivity index is 2.23. The van der Waals surface area contributed by atoms with Gasteiger partial charge < -0.3 is 9.52 Å². The van der Waals surface area contributed by atoms with Gasteiger partial charge in [0, 0.05) is 18.0 Å². The first kappa shape index (κ1) is 11.9. The van der Waals surface area contributed by atoms with Crippen molar-refractivity contribution in [2.24, 2.45) is 0 Å². The van der Waals surface area contributed by atoms with Gasteiger partial charge in [0.15, 0.2) is 0 Å². The Morgan fingerprint density at radius 2 is 2.29 bits per heavy atom. The zero-order chi connectivity index (χ0) is 12.5. The molecule has 0 aromatic carbocycles. The van der Waals surface area contributed by atoms with Gasteiger partial charge in [0.1, 0.15) is 12.2 Å². The third kappa shape index (κ3) is 2.39. The Morgan fingerprint density at radius 1 is 1.53 bits per heavy atom. The standard InChI is InChI=1S/C12H17N3O2/c1-9(2)15-11(13-8-14-15)6-12(3,16)10-4-5-17-7-10/h4-5,7-9,16H,6H2,1-3H3. The average molecular weight is 235 g/mol. The Hall–Kier alpha value is -1.62. The SMILES string of the molecule is CC(C)n1ncnc1CC(C)(O)c1ccoc1. The third-order valence-electron chi connectivity index (χ3n) is 2.78. The summed E-state index contributed by atoms with van der Waals surface area (Å²) in [5, 5.41) is 14.6. The van der Waals surface area contributed by atoms with Gasteiger partial charge in [-0.2, -0.15) is 5.10 Å². The van der Waals surface area contributed by atoms with Gasteiger partial charge in [0.25, 0.3) is 0 Å². The Kier molecular flexibility index (Phi) is 3.02. The predicted octanol–water partition coefficient (Wildman–Crippen LogP) is 1.90. The summed E-state index contributed by atoms with van der Waals surface area (Å²) in [7, 11) is 0. The first-order chi connectivity index (χ1) is 8.00. The molecule has 0 saturated carbocycles. The van der Waals surface area contributed by atoms with Crippen molar-refractivity contribution in [2.45, 2.75) is 38.8 Å². The summed E-state index contributed by atoms with van der Waals surface area (Å²) in [6, 6.07) is 1.99. The molecule has 0 aliphatic rings. The van der Waals surface area contributed by atoms with Crippen molar-refractivity contribution in [3.05, 3.63) is 36.3 Å². The molecule has 5 heteroatoms. The van der Waals surface area contributed by atoms with E-state index in [9.17, 15) is 5.11 Å². The van der Waals surface area contributed by atoms with Gasteiger partial charge in [-0.1, -0.05) is 0 Å². The predicted molar refractivity (Wildman–Crippen MR) is 62.4 cm³/mol. The molecule has 0 radical (unpaired) electrons. The molecule has 0 fully saturated rings. The number of aliphatic hydroxyl groups is 1. The number of nitrogens with zero attached hydrogens (tertiary/aromatic N) is 3. The molecule has 5 nitrogen and oxygen atoms in total. The molecule has 1 unspecified atom stereocenters. The molecule has 1 N–H and O–H groups in total. The van der Waals surface area contributed by atoms with E-state index in [0.29, 0.717) is 6.42 Å². The van der Waals surface area contributed by atoms with Crippen LogP contribution in [0.4, 0.5) is 0 Å². The summed E-state index contributed by atoms with van der Waals surface area (Å²) in [5.41, 5.74) is -0.247. The van der Waals surface area contributed by atoms with Gasteiger partial charge in [-0.3, -0.25) is 0 Å². The molecule has 2 aromatic heterocycles. The van der Waals surface area contributed by atoms with Crippen LogP contribution in [0.2, 0.25) is 0 Å². The zero-order valence-electron chi connectivity index (χ0n) is 10.3. The van der Waals surface area contributed by atoms with Crippen LogP contribution in [0.25, 0.3) is 0 Å². The van der Waals surface area contributed by atoms with Crippen molar-refractivity contribution in [3.8, 4) is 0 Å². The second-order valence-electron chi connectivity index (χ2n) is 4.68. The molecule has 92 valence electrons. The fraction of sp³-hybridized carbons (Fsp3) is 0.500. The summed E-state index contributed by atoms with van der Waals surface area (Å²) >= 11 is 0. The van der Waals surface area contributed by atoms with Crippen molar-refractivity contribution >= 4 is 0 Å². The molecule has 0 amide bonds. The molecular weight excluding hydrogens is 218 g/mol. The number of aromatic nitrogens is 3. The van der Waals surface area contributed by atoms with E-state index in [1.165, 1.54) is 6.33 Å². The fourth-order valence-electron chi connectivity index (χ4n) is 1.81. The minimum absolute atomic E-state index is 0.229. The molecule has 1 atom stereocenters. The summed E-state index contributed by atoms with van der Waals surface area (Å²) in [6.45, 7) is 5.81. The van der Waals surface area contributed by atoms with E-state index < -0.39 is 5.60 Å². The van der Waals surface area contributed by atoms with Crippen LogP contribution in [0.15, 0.2) is 29.3 Å². The van der Waals surface area contributed by atoms with Crippen molar-refractivity contribution in [1.82, 2.24) is 14.8 Å². The van der Waals surface area contributed by atoms with Crippen LogP contribution in [-0.2, 0) is 12.0 Å². The second-order valence-corrected chi connectivity index (χ2v) is 4.68.